The predicted molar refractivity (Wildman–Crippen MR) is 128 cm³/mol. The van der Waals surface area contributed by atoms with Gasteiger partial charge in [0.05, 0.1) is 35.7 Å². The van der Waals surface area contributed by atoms with Crippen LogP contribution in [0.3, 0.4) is 0 Å². The predicted octanol–water partition coefficient (Wildman–Crippen LogP) is 4.72. The molecule has 0 aliphatic carbocycles. The summed E-state index contributed by atoms with van der Waals surface area (Å²) in [7, 11) is -3.85. The minimum absolute atomic E-state index is 0.0551. The van der Waals surface area contributed by atoms with E-state index in [2.05, 4.69) is 14.7 Å². The Labute approximate surface area is 193 Å². The molecule has 0 saturated heterocycles. The van der Waals surface area contributed by atoms with Crippen molar-refractivity contribution < 1.29 is 17.9 Å². The van der Waals surface area contributed by atoms with Crippen molar-refractivity contribution in [2.45, 2.75) is 24.8 Å². The Morgan fingerprint density at radius 2 is 1.48 bits per heavy atom. The van der Waals surface area contributed by atoms with E-state index in [1.807, 2.05) is 49.4 Å². The number of sulfonamides is 1. The van der Waals surface area contributed by atoms with Gasteiger partial charge in [-0.25, -0.2) is 18.4 Å². The molecule has 33 heavy (non-hydrogen) atoms. The summed E-state index contributed by atoms with van der Waals surface area (Å²) in [6, 6.07) is 23.7. The molecule has 170 valence electrons. The Hall–Kier alpha value is -3.49. The highest BCUT2D eigenvalue weighted by Crippen LogP contribution is 2.26. The summed E-state index contributed by atoms with van der Waals surface area (Å²) >= 11 is 0. The molecule has 0 atom stereocenters. The monoisotopic (exact) mass is 463 g/mol. The van der Waals surface area contributed by atoms with E-state index >= 15 is 0 Å². The molecule has 7 nitrogen and oxygen atoms in total. The molecule has 0 aliphatic rings. The molecule has 4 rings (SSSR count). The van der Waals surface area contributed by atoms with Crippen molar-refractivity contribution in [3.05, 3.63) is 90.0 Å². The molecular formula is C25H25N3O4S. The Kier molecular flexibility index (Phi) is 7.16. The second-order valence-electron chi connectivity index (χ2n) is 7.52. The number of ether oxygens (including phenoxy) is 2. The zero-order chi connectivity index (χ0) is 23.1. The first kappa shape index (κ1) is 22.7. The second kappa shape index (κ2) is 10.4. The molecule has 0 aliphatic heterocycles. The number of para-hydroxylation sites is 2. The van der Waals surface area contributed by atoms with Crippen LogP contribution in [-0.4, -0.2) is 31.6 Å². The van der Waals surface area contributed by atoms with Gasteiger partial charge in [-0.1, -0.05) is 60.2 Å². The molecule has 0 fully saturated rings. The van der Waals surface area contributed by atoms with Gasteiger partial charge in [-0.05, 0) is 36.8 Å². The van der Waals surface area contributed by atoms with Gasteiger partial charge in [-0.3, -0.25) is 4.72 Å². The first-order valence-corrected chi connectivity index (χ1v) is 12.1. The summed E-state index contributed by atoms with van der Waals surface area (Å²) in [5.74, 6) is 0.187. The Bertz CT molecular complexity index is 1310. The first-order chi connectivity index (χ1) is 16.0. The fraction of sp³-hybridized carbons (Fsp3) is 0.200. The van der Waals surface area contributed by atoms with Crippen molar-refractivity contribution in [2.24, 2.45) is 0 Å². The molecule has 1 heterocycles. The van der Waals surface area contributed by atoms with Gasteiger partial charge >= 0.3 is 0 Å². The zero-order valence-corrected chi connectivity index (χ0v) is 19.1. The summed E-state index contributed by atoms with van der Waals surface area (Å²) in [5.41, 5.74) is 3.26. The molecule has 0 saturated carbocycles. The normalized spacial score (nSPS) is 11.4. The van der Waals surface area contributed by atoms with Gasteiger partial charge in [0.15, 0.2) is 0 Å². The average molecular weight is 464 g/mol. The second-order valence-corrected chi connectivity index (χ2v) is 9.21. The number of aromatic nitrogens is 2. The van der Waals surface area contributed by atoms with Crippen LogP contribution in [0.15, 0.2) is 83.8 Å². The molecule has 1 aromatic heterocycles. The van der Waals surface area contributed by atoms with E-state index in [1.165, 1.54) is 0 Å². The van der Waals surface area contributed by atoms with Gasteiger partial charge in [-0.2, -0.15) is 0 Å². The number of nitrogens with zero attached hydrogens (tertiary/aromatic N) is 2. The minimum Gasteiger partial charge on any atom is -0.475 e. The first-order valence-electron chi connectivity index (χ1n) is 10.6. The van der Waals surface area contributed by atoms with Gasteiger partial charge < -0.3 is 9.47 Å². The fourth-order valence-electron chi connectivity index (χ4n) is 3.15. The lowest BCUT2D eigenvalue weighted by Gasteiger charge is -2.13. The Balaban J connectivity index is 1.45. The summed E-state index contributed by atoms with van der Waals surface area (Å²) in [6.07, 6.45) is 0.617. The van der Waals surface area contributed by atoms with Crippen molar-refractivity contribution in [3.8, 4) is 5.88 Å². The maximum absolute atomic E-state index is 12.9. The van der Waals surface area contributed by atoms with E-state index in [9.17, 15) is 8.42 Å². The number of anilines is 1. The third-order valence-electron chi connectivity index (χ3n) is 4.88. The molecule has 0 spiro atoms. The third kappa shape index (κ3) is 6.06. The molecule has 0 amide bonds. The summed E-state index contributed by atoms with van der Waals surface area (Å²) in [4.78, 5) is 9.07. The van der Waals surface area contributed by atoms with E-state index in [0.717, 1.165) is 11.1 Å². The Morgan fingerprint density at radius 1 is 0.818 bits per heavy atom. The van der Waals surface area contributed by atoms with Crippen LogP contribution in [0.5, 0.6) is 5.88 Å². The van der Waals surface area contributed by atoms with Crippen LogP contribution in [0.25, 0.3) is 11.0 Å². The topological polar surface area (TPSA) is 90.4 Å². The molecule has 0 unspecified atom stereocenters. The van der Waals surface area contributed by atoms with Crippen molar-refractivity contribution in [2.75, 3.05) is 17.9 Å². The molecule has 4 aromatic rings. The van der Waals surface area contributed by atoms with E-state index in [4.69, 9.17) is 9.47 Å². The number of fused-ring (bicyclic) bond motifs is 1. The number of hydrogen-bond donors (Lipinski definition) is 1. The number of aryl methyl sites for hydroxylation is 1. The highest BCUT2D eigenvalue weighted by atomic mass is 32.2. The van der Waals surface area contributed by atoms with Crippen LogP contribution in [0.1, 0.15) is 17.5 Å². The van der Waals surface area contributed by atoms with Crippen molar-refractivity contribution >= 4 is 26.9 Å². The maximum Gasteiger partial charge on any atom is 0.263 e. The van der Waals surface area contributed by atoms with Gasteiger partial charge in [0.1, 0.15) is 0 Å². The largest absolute Gasteiger partial charge is 0.475 e. The summed E-state index contributed by atoms with van der Waals surface area (Å²) in [5, 5.41) is 0. The van der Waals surface area contributed by atoms with Crippen molar-refractivity contribution in [1.29, 1.82) is 0 Å². The van der Waals surface area contributed by atoms with Crippen LogP contribution in [0, 0.1) is 6.92 Å². The van der Waals surface area contributed by atoms with E-state index in [-0.39, 0.29) is 16.6 Å². The third-order valence-corrected chi connectivity index (χ3v) is 6.24. The standard InChI is InChI=1S/C25H25N3O4S/c1-19-12-14-21(15-13-19)33(29,30)28-24-25(27-23-11-6-5-10-22(23)26-24)32-17-7-16-31-18-20-8-3-2-4-9-20/h2-6,8-15H,7,16-18H2,1H3,(H,26,28). The van der Waals surface area contributed by atoms with Gasteiger partial charge in [0, 0.05) is 6.42 Å². The lowest BCUT2D eigenvalue weighted by atomic mass is 10.2. The van der Waals surface area contributed by atoms with Gasteiger partial charge in [-0.15, -0.1) is 0 Å². The summed E-state index contributed by atoms with van der Waals surface area (Å²) in [6.45, 7) is 3.23. The fourth-order valence-corrected chi connectivity index (χ4v) is 4.15. The number of rotatable bonds is 10. The summed E-state index contributed by atoms with van der Waals surface area (Å²) < 4.78 is 39.8. The SMILES string of the molecule is Cc1ccc(S(=O)(=O)Nc2nc3ccccc3nc2OCCCOCc2ccccc2)cc1. The number of benzene rings is 3. The van der Waals surface area contributed by atoms with Crippen LogP contribution >= 0.6 is 0 Å². The van der Waals surface area contributed by atoms with Crippen molar-refractivity contribution in [3.63, 3.8) is 0 Å². The smallest absolute Gasteiger partial charge is 0.263 e. The van der Waals surface area contributed by atoms with E-state index in [0.29, 0.717) is 37.3 Å². The molecule has 0 bridgehead atoms. The lowest BCUT2D eigenvalue weighted by molar-refractivity contribution is 0.107. The van der Waals surface area contributed by atoms with E-state index in [1.54, 1.807) is 36.4 Å². The Morgan fingerprint density at radius 3 is 2.21 bits per heavy atom. The van der Waals surface area contributed by atoms with Gasteiger partial charge in [0.2, 0.25) is 5.82 Å². The van der Waals surface area contributed by atoms with Gasteiger partial charge in [0.25, 0.3) is 15.9 Å². The highest BCUT2D eigenvalue weighted by Gasteiger charge is 2.19. The maximum atomic E-state index is 12.9. The quantitative estimate of drug-likeness (QED) is 0.342. The number of hydrogen-bond acceptors (Lipinski definition) is 6. The minimum atomic E-state index is -3.85. The highest BCUT2D eigenvalue weighted by molar-refractivity contribution is 7.92. The van der Waals surface area contributed by atoms with Crippen LogP contribution in [0.4, 0.5) is 5.82 Å². The molecular weight excluding hydrogens is 438 g/mol. The zero-order valence-electron chi connectivity index (χ0n) is 18.3. The molecule has 8 heteroatoms. The van der Waals surface area contributed by atoms with Crippen LogP contribution in [0.2, 0.25) is 0 Å². The van der Waals surface area contributed by atoms with Crippen molar-refractivity contribution in [1.82, 2.24) is 9.97 Å². The molecule has 3 aromatic carbocycles. The number of nitrogens with one attached hydrogen (secondary N) is 1. The molecule has 1 N–H and O–H groups in total. The van der Waals surface area contributed by atoms with Crippen LogP contribution in [-0.2, 0) is 21.4 Å². The lowest BCUT2D eigenvalue weighted by Crippen LogP contribution is -2.16. The van der Waals surface area contributed by atoms with Crippen LogP contribution < -0.4 is 9.46 Å². The molecule has 0 radical (unpaired) electrons. The average Bonchev–Trinajstić information content (AvgIpc) is 2.82. The van der Waals surface area contributed by atoms with E-state index < -0.39 is 10.0 Å².